The predicted molar refractivity (Wildman–Crippen MR) is 106 cm³/mol. The molecule has 0 radical (unpaired) electrons. The number of nitrogens with zero attached hydrogens (tertiary/aromatic N) is 2. The van der Waals surface area contributed by atoms with Crippen molar-refractivity contribution in [3.05, 3.63) is 71.4 Å². The molecule has 5 heteroatoms. The number of nitrogens with one attached hydrogen (secondary N) is 2. The fourth-order valence-corrected chi connectivity index (χ4v) is 2.82. The van der Waals surface area contributed by atoms with Gasteiger partial charge in [0, 0.05) is 18.4 Å². The molecule has 0 unspecified atom stereocenters. The monoisotopic (exact) mass is 348 g/mol. The fraction of sp³-hybridized carbons (Fsp3) is 0.238. The van der Waals surface area contributed by atoms with Crippen molar-refractivity contribution in [3.8, 4) is 5.75 Å². The van der Waals surface area contributed by atoms with Gasteiger partial charge in [-0.05, 0) is 67.3 Å². The standard InChI is InChI=1S/C21H24N4O/c1-15-12-16(2)14-18(13-15)24-20-9-11-23-21(25-20)22-10-8-17-4-6-19(26-3)7-5-17/h4-7,9,11-14H,8,10H2,1-3H3,(H2,22,23,24,25). The van der Waals surface area contributed by atoms with Gasteiger partial charge >= 0.3 is 0 Å². The molecular formula is C21H24N4O. The van der Waals surface area contributed by atoms with Crippen LogP contribution in [-0.2, 0) is 6.42 Å². The van der Waals surface area contributed by atoms with E-state index in [1.807, 2.05) is 18.2 Å². The van der Waals surface area contributed by atoms with Crippen LogP contribution in [0.25, 0.3) is 0 Å². The summed E-state index contributed by atoms with van der Waals surface area (Å²) in [5.41, 5.74) is 4.71. The van der Waals surface area contributed by atoms with E-state index in [-0.39, 0.29) is 0 Å². The second kappa shape index (κ2) is 8.34. The van der Waals surface area contributed by atoms with Gasteiger partial charge in [0.05, 0.1) is 7.11 Å². The summed E-state index contributed by atoms with van der Waals surface area (Å²) in [6.07, 6.45) is 2.65. The molecule has 0 aliphatic heterocycles. The van der Waals surface area contributed by atoms with Crippen molar-refractivity contribution in [2.75, 3.05) is 24.3 Å². The van der Waals surface area contributed by atoms with Crippen LogP contribution in [0.15, 0.2) is 54.7 Å². The number of hydrogen-bond acceptors (Lipinski definition) is 5. The molecule has 0 bridgehead atoms. The van der Waals surface area contributed by atoms with E-state index in [4.69, 9.17) is 4.74 Å². The van der Waals surface area contributed by atoms with E-state index in [2.05, 4.69) is 64.8 Å². The summed E-state index contributed by atoms with van der Waals surface area (Å²) in [5, 5.41) is 6.62. The number of aromatic nitrogens is 2. The number of benzene rings is 2. The molecule has 0 aliphatic rings. The van der Waals surface area contributed by atoms with E-state index >= 15 is 0 Å². The van der Waals surface area contributed by atoms with E-state index in [9.17, 15) is 0 Å². The van der Waals surface area contributed by atoms with Crippen molar-refractivity contribution in [1.82, 2.24) is 9.97 Å². The Hall–Kier alpha value is -3.08. The van der Waals surface area contributed by atoms with Crippen molar-refractivity contribution in [3.63, 3.8) is 0 Å². The highest BCUT2D eigenvalue weighted by Crippen LogP contribution is 2.18. The van der Waals surface area contributed by atoms with Crippen molar-refractivity contribution < 1.29 is 4.74 Å². The summed E-state index contributed by atoms with van der Waals surface area (Å²) in [6.45, 7) is 4.94. The second-order valence-electron chi connectivity index (χ2n) is 6.29. The number of aryl methyl sites for hydroxylation is 2. The molecule has 0 fully saturated rings. The molecular weight excluding hydrogens is 324 g/mol. The maximum atomic E-state index is 5.18. The van der Waals surface area contributed by atoms with Crippen LogP contribution in [-0.4, -0.2) is 23.6 Å². The average Bonchev–Trinajstić information content (AvgIpc) is 2.62. The second-order valence-corrected chi connectivity index (χ2v) is 6.29. The van der Waals surface area contributed by atoms with Gasteiger partial charge in [-0.1, -0.05) is 18.2 Å². The number of rotatable bonds is 7. The molecule has 0 saturated carbocycles. The molecule has 0 spiro atoms. The Kier molecular flexibility index (Phi) is 5.69. The van der Waals surface area contributed by atoms with Crippen molar-refractivity contribution in [2.24, 2.45) is 0 Å². The molecule has 3 aromatic rings. The summed E-state index contributed by atoms with van der Waals surface area (Å²) >= 11 is 0. The molecule has 26 heavy (non-hydrogen) atoms. The summed E-state index contributed by atoms with van der Waals surface area (Å²) in [6, 6.07) is 16.3. The van der Waals surface area contributed by atoms with Crippen LogP contribution in [0.4, 0.5) is 17.5 Å². The zero-order valence-electron chi connectivity index (χ0n) is 15.4. The van der Waals surface area contributed by atoms with E-state index in [1.54, 1.807) is 13.3 Å². The molecule has 1 heterocycles. The first-order valence-electron chi connectivity index (χ1n) is 8.67. The Bertz CT molecular complexity index is 842. The van der Waals surface area contributed by atoms with Crippen LogP contribution < -0.4 is 15.4 Å². The average molecular weight is 348 g/mol. The largest absolute Gasteiger partial charge is 0.497 e. The molecule has 1 aromatic heterocycles. The number of ether oxygens (including phenoxy) is 1. The topological polar surface area (TPSA) is 59.1 Å². The quantitative estimate of drug-likeness (QED) is 0.658. The molecule has 0 saturated heterocycles. The van der Waals surface area contributed by atoms with Crippen molar-refractivity contribution >= 4 is 17.5 Å². The van der Waals surface area contributed by atoms with Crippen LogP contribution in [0.3, 0.4) is 0 Å². The summed E-state index contributed by atoms with van der Waals surface area (Å²) in [4.78, 5) is 8.83. The first kappa shape index (κ1) is 17.7. The van der Waals surface area contributed by atoms with Gasteiger partial charge in [0.15, 0.2) is 0 Å². The minimum Gasteiger partial charge on any atom is -0.497 e. The predicted octanol–water partition coefficient (Wildman–Crippen LogP) is 4.50. The van der Waals surface area contributed by atoms with Crippen LogP contribution in [0, 0.1) is 13.8 Å². The molecule has 2 aromatic carbocycles. The Balaban J connectivity index is 1.58. The summed E-state index contributed by atoms with van der Waals surface area (Å²) < 4.78 is 5.18. The van der Waals surface area contributed by atoms with E-state index in [0.29, 0.717) is 5.95 Å². The van der Waals surface area contributed by atoms with Crippen LogP contribution in [0.5, 0.6) is 5.75 Å². The molecule has 5 nitrogen and oxygen atoms in total. The minimum atomic E-state index is 0.618. The van der Waals surface area contributed by atoms with Crippen molar-refractivity contribution in [1.29, 1.82) is 0 Å². The molecule has 2 N–H and O–H groups in total. The molecule has 3 rings (SSSR count). The summed E-state index contributed by atoms with van der Waals surface area (Å²) in [7, 11) is 1.67. The van der Waals surface area contributed by atoms with Gasteiger partial charge in [0.1, 0.15) is 11.6 Å². The Morgan fingerprint density at radius 3 is 2.38 bits per heavy atom. The fourth-order valence-electron chi connectivity index (χ4n) is 2.82. The van der Waals surface area contributed by atoms with E-state index in [0.717, 1.165) is 30.2 Å². The maximum absolute atomic E-state index is 5.18. The van der Waals surface area contributed by atoms with Gasteiger partial charge in [-0.3, -0.25) is 0 Å². The normalized spacial score (nSPS) is 10.4. The highest BCUT2D eigenvalue weighted by atomic mass is 16.5. The molecule has 0 atom stereocenters. The van der Waals surface area contributed by atoms with Gasteiger partial charge in [-0.15, -0.1) is 0 Å². The lowest BCUT2D eigenvalue weighted by Crippen LogP contribution is -2.08. The minimum absolute atomic E-state index is 0.618. The maximum Gasteiger partial charge on any atom is 0.224 e. The molecule has 0 amide bonds. The number of hydrogen-bond donors (Lipinski definition) is 2. The summed E-state index contributed by atoms with van der Waals surface area (Å²) in [5.74, 6) is 2.26. The lowest BCUT2D eigenvalue weighted by atomic mass is 10.1. The number of methoxy groups -OCH3 is 1. The lowest BCUT2D eigenvalue weighted by molar-refractivity contribution is 0.414. The third kappa shape index (κ3) is 4.96. The first-order chi connectivity index (χ1) is 12.6. The lowest BCUT2D eigenvalue weighted by Gasteiger charge is -2.10. The molecule has 134 valence electrons. The zero-order valence-corrected chi connectivity index (χ0v) is 15.4. The Labute approximate surface area is 154 Å². The number of anilines is 3. The van der Waals surface area contributed by atoms with E-state index in [1.165, 1.54) is 16.7 Å². The van der Waals surface area contributed by atoms with Crippen LogP contribution >= 0.6 is 0 Å². The SMILES string of the molecule is COc1ccc(CCNc2nccc(Nc3cc(C)cc(C)c3)n2)cc1. The molecule has 0 aliphatic carbocycles. The highest BCUT2D eigenvalue weighted by Gasteiger charge is 2.02. The van der Waals surface area contributed by atoms with E-state index < -0.39 is 0 Å². The van der Waals surface area contributed by atoms with Crippen molar-refractivity contribution in [2.45, 2.75) is 20.3 Å². The van der Waals surface area contributed by atoms with Crippen LogP contribution in [0.2, 0.25) is 0 Å². The zero-order chi connectivity index (χ0) is 18.4. The smallest absolute Gasteiger partial charge is 0.224 e. The van der Waals surface area contributed by atoms with Gasteiger partial charge in [0.2, 0.25) is 5.95 Å². The Morgan fingerprint density at radius 2 is 1.69 bits per heavy atom. The van der Waals surface area contributed by atoms with Gasteiger partial charge in [-0.25, -0.2) is 4.98 Å². The van der Waals surface area contributed by atoms with Crippen LogP contribution in [0.1, 0.15) is 16.7 Å². The first-order valence-corrected chi connectivity index (χ1v) is 8.67. The third-order valence-corrected chi connectivity index (χ3v) is 4.01. The highest BCUT2D eigenvalue weighted by molar-refractivity contribution is 5.58. The Morgan fingerprint density at radius 1 is 0.962 bits per heavy atom. The third-order valence-electron chi connectivity index (χ3n) is 4.01. The van der Waals surface area contributed by atoms with Gasteiger partial charge in [-0.2, -0.15) is 4.98 Å². The van der Waals surface area contributed by atoms with Gasteiger partial charge in [0.25, 0.3) is 0 Å². The van der Waals surface area contributed by atoms with Gasteiger partial charge < -0.3 is 15.4 Å².